The van der Waals surface area contributed by atoms with E-state index >= 15 is 0 Å². The predicted molar refractivity (Wildman–Crippen MR) is 104 cm³/mol. The van der Waals surface area contributed by atoms with Gasteiger partial charge in [0.2, 0.25) is 0 Å². The Balaban J connectivity index is -0.000000304. The van der Waals surface area contributed by atoms with Gasteiger partial charge in [0.05, 0.1) is 0 Å². The van der Waals surface area contributed by atoms with E-state index in [0.29, 0.717) is 0 Å². The van der Waals surface area contributed by atoms with E-state index in [-0.39, 0.29) is 31.0 Å². The minimum Gasteiger partial charge on any atom is -1.00 e. The van der Waals surface area contributed by atoms with Gasteiger partial charge in [0.25, 0.3) is 0 Å². The van der Waals surface area contributed by atoms with Crippen LogP contribution in [0.25, 0.3) is 0 Å². The van der Waals surface area contributed by atoms with Gasteiger partial charge >= 0.3 is 40.0 Å². The van der Waals surface area contributed by atoms with Crippen LogP contribution in [0.1, 0.15) is 98.2 Å². The third kappa shape index (κ3) is 45.6. The standard InChI is InChI=1S/C18H37N.Na.H2O4S.H/c1-2-3-4-5-6-7-8-9-10-11-12-13-14-15-16-17-18-19;;1-5(2,3)4;/h9-10H,2-8,11-19H2,1H3;;(H2,1,2,3,4);/q;+1;;-1/b10-9-;;;. The summed E-state index contributed by atoms with van der Waals surface area (Å²) in [7, 11) is -4.67. The third-order valence-electron chi connectivity index (χ3n) is 3.72. The van der Waals surface area contributed by atoms with Gasteiger partial charge < -0.3 is 7.16 Å². The number of nitrogens with two attached hydrogens (primary N) is 1. The summed E-state index contributed by atoms with van der Waals surface area (Å²) in [5.41, 5.74) is 5.47. The Morgan fingerprint density at radius 2 is 1.08 bits per heavy atom. The molecule has 0 amide bonds. The molecule has 0 unspecified atom stereocenters. The molecule has 0 aliphatic heterocycles. The molecule has 25 heavy (non-hydrogen) atoms. The van der Waals surface area contributed by atoms with Gasteiger partial charge in [-0.05, 0) is 38.6 Å². The van der Waals surface area contributed by atoms with Crippen molar-refractivity contribution in [1.29, 1.82) is 0 Å². The maximum Gasteiger partial charge on any atom is 1.00 e. The topological polar surface area (TPSA) is 101 Å². The van der Waals surface area contributed by atoms with Gasteiger partial charge in [-0.3, -0.25) is 9.11 Å². The first-order valence-corrected chi connectivity index (χ1v) is 10.9. The Morgan fingerprint density at radius 3 is 1.44 bits per heavy atom. The number of allylic oxidation sites excluding steroid dienone is 2. The Hall–Kier alpha value is 0.570. The van der Waals surface area contributed by atoms with Crippen LogP contribution in [0.5, 0.6) is 0 Å². The van der Waals surface area contributed by atoms with E-state index in [1.807, 2.05) is 0 Å². The summed E-state index contributed by atoms with van der Waals surface area (Å²) in [5.74, 6) is 0. The first-order chi connectivity index (χ1) is 11.4. The molecule has 0 aromatic heterocycles. The van der Waals surface area contributed by atoms with Crippen molar-refractivity contribution in [3.8, 4) is 0 Å². The van der Waals surface area contributed by atoms with Crippen molar-refractivity contribution in [3.05, 3.63) is 12.2 Å². The van der Waals surface area contributed by atoms with Gasteiger partial charge in [0.1, 0.15) is 0 Å². The van der Waals surface area contributed by atoms with Crippen LogP contribution < -0.4 is 35.3 Å². The van der Waals surface area contributed by atoms with Gasteiger partial charge in [-0.2, -0.15) is 8.42 Å². The molecule has 4 N–H and O–H groups in total. The number of unbranched alkanes of at least 4 members (excludes halogenated alkanes) is 12. The molecule has 0 aliphatic carbocycles. The molecule has 0 bridgehead atoms. The van der Waals surface area contributed by atoms with E-state index in [9.17, 15) is 0 Å². The molecule has 148 valence electrons. The van der Waals surface area contributed by atoms with Gasteiger partial charge in [-0.1, -0.05) is 76.9 Å². The first kappa shape index (κ1) is 30.3. The van der Waals surface area contributed by atoms with Gasteiger partial charge in [0, 0.05) is 0 Å². The molecule has 0 atom stereocenters. The molecule has 0 aromatic carbocycles. The van der Waals surface area contributed by atoms with Gasteiger partial charge in [-0.25, -0.2) is 0 Å². The van der Waals surface area contributed by atoms with E-state index in [1.54, 1.807) is 0 Å². The second-order valence-electron chi connectivity index (χ2n) is 6.17. The Bertz CT molecular complexity index is 360. The average Bonchev–Trinajstić information content (AvgIpc) is 2.49. The molecule has 0 aromatic rings. The van der Waals surface area contributed by atoms with Crippen LogP contribution in [0.3, 0.4) is 0 Å². The van der Waals surface area contributed by atoms with Crippen LogP contribution in [0.2, 0.25) is 0 Å². The second-order valence-corrected chi connectivity index (χ2v) is 7.07. The van der Waals surface area contributed by atoms with Crippen LogP contribution in [-0.2, 0) is 10.4 Å². The fraction of sp³-hybridized carbons (Fsp3) is 0.889. The molecular weight excluding hydrogens is 349 g/mol. The molecule has 0 fully saturated rings. The van der Waals surface area contributed by atoms with E-state index in [2.05, 4.69) is 19.1 Å². The zero-order chi connectivity index (χ0) is 18.5. The number of hydrogen-bond donors (Lipinski definition) is 3. The maximum absolute atomic E-state index is 8.74. The molecule has 7 heteroatoms. The summed E-state index contributed by atoms with van der Waals surface area (Å²) >= 11 is 0. The molecule has 0 saturated heterocycles. The number of rotatable bonds is 15. The van der Waals surface area contributed by atoms with Crippen LogP contribution in [0.15, 0.2) is 12.2 Å². The Morgan fingerprint density at radius 1 is 0.760 bits per heavy atom. The summed E-state index contributed by atoms with van der Waals surface area (Å²) in [4.78, 5) is 0. The fourth-order valence-corrected chi connectivity index (χ4v) is 2.39. The summed E-state index contributed by atoms with van der Waals surface area (Å²) < 4.78 is 31.6. The molecule has 0 spiro atoms. The van der Waals surface area contributed by atoms with Crippen LogP contribution >= 0.6 is 0 Å². The largest absolute Gasteiger partial charge is 1.00 e. The average molecular weight is 390 g/mol. The van der Waals surface area contributed by atoms with Crippen molar-refractivity contribution in [3.63, 3.8) is 0 Å². The summed E-state index contributed by atoms with van der Waals surface area (Å²) in [6.45, 7) is 3.14. The van der Waals surface area contributed by atoms with Gasteiger partial charge in [-0.15, -0.1) is 0 Å². The maximum atomic E-state index is 8.74. The van der Waals surface area contributed by atoms with E-state index in [0.717, 1.165) is 6.54 Å². The minimum absolute atomic E-state index is 0. The Kier molecular flexibility index (Phi) is 29.8. The fourth-order valence-electron chi connectivity index (χ4n) is 2.39. The van der Waals surface area contributed by atoms with E-state index in [1.165, 1.54) is 89.9 Å². The molecule has 0 saturated carbocycles. The molecule has 0 heterocycles. The third-order valence-corrected chi connectivity index (χ3v) is 3.72. The van der Waals surface area contributed by atoms with Crippen molar-refractivity contribution < 1.29 is 48.5 Å². The molecule has 5 nitrogen and oxygen atoms in total. The normalized spacial score (nSPS) is 11.0. The van der Waals surface area contributed by atoms with E-state index < -0.39 is 10.4 Å². The van der Waals surface area contributed by atoms with E-state index in [4.69, 9.17) is 23.3 Å². The second kappa shape index (κ2) is 24.6. The van der Waals surface area contributed by atoms with Crippen molar-refractivity contribution in [1.82, 2.24) is 0 Å². The molecule has 0 radical (unpaired) electrons. The van der Waals surface area contributed by atoms with Crippen molar-refractivity contribution in [2.75, 3.05) is 6.54 Å². The Labute approximate surface area is 179 Å². The summed E-state index contributed by atoms with van der Waals surface area (Å²) in [6, 6.07) is 0. The van der Waals surface area contributed by atoms with Crippen LogP contribution in [0, 0.1) is 0 Å². The van der Waals surface area contributed by atoms with Crippen molar-refractivity contribution >= 4 is 10.4 Å². The molecular formula is C18H40NNaO4S. The quantitative estimate of drug-likeness (QED) is 0.173. The van der Waals surface area contributed by atoms with Gasteiger partial charge in [0.15, 0.2) is 0 Å². The first-order valence-electron chi connectivity index (χ1n) is 9.46. The van der Waals surface area contributed by atoms with Crippen molar-refractivity contribution in [2.24, 2.45) is 5.73 Å². The van der Waals surface area contributed by atoms with Crippen molar-refractivity contribution in [2.45, 2.75) is 96.8 Å². The summed E-state index contributed by atoms with van der Waals surface area (Å²) in [5, 5.41) is 0. The summed E-state index contributed by atoms with van der Waals surface area (Å²) in [6.07, 6.45) is 23.9. The van der Waals surface area contributed by atoms with Crippen LogP contribution in [0.4, 0.5) is 0 Å². The monoisotopic (exact) mass is 389 g/mol. The predicted octanol–water partition coefficient (Wildman–Crippen LogP) is 2.45. The SMILES string of the molecule is CCCCCCCC/C=C\CCCCCCCCN.O=S(=O)(O)O.[H-].[Na+]. The molecule has 0 rings (SSSR count). The number of hydrogen-bond acceptors (Lipinski definition) is 3. The minimum atomic E-state index is -4.67. The molecule has 0 aliphatic rings. The smallest absolute Gasteiger partial charge is 1.00 e. The zero-order valence-corrected chi connectivity index (χ0v) is 19.3. The zero-order valence-electron chi connectivity index (χ0n) is 17.5. The van der Waals surface area contributed by atoms with Crippen LogP contribution in [-0.4, -0.2) is 24.1 Å².